The van der Waals surface area contributed by atoms with Crippen molar-refractivity contribution in [2.75, 3.05) is 0 Å². The Morgan fingerprint density at radius 3 is 2.94 bits per heavy atom. The van der Waals surface area contributed by atoms with Crippen LogP contribution in [0.15, 0.2) is 0 Å². The molecule has 0 unspecified atom stereocenters. The number of carbonyl (C=O) groups is 3. The molecule has 0 spiro atoms. The summed E-state index contributed by atoms with van der Waals surface area (Å²) in [5, 5.41) is 0. The fraction of sp³-hybridized carbons (Fsp3) is 0.750. The second-order valence-electron chi connectivity index (χ2n) is 4.83. The highest BCUT2D eigenvalue weighted by Gasteiger charge is 2.54. The lowest BCUT2D eigenvalue weighted by Crippen LogP contribution is -2.42. The van der Waals surface area contributed by atoms with Gasteiger partial charge < -0.3 is 9.53 Å². The first-order chi connectivity index (χ1) is 7.54. The molecule has 2 aliphatic rings. The number of esters is 1. The van der Waals surface area contributed by atoms with E-state index in [9.17, 15) is 14.4 Å². The van der Waals surface area contributed by atoms with E-state index in [2.05, 4.69) is 0 Å². The number of Topliss-reactive ketones (excluding diaryl/α,β-unsaturated/α-hetero) is 2. The van der Waals surface area contributed by atoms with Crippen molar-refractivity contribution in [3.8, 4) is 0 Å². The Hall–Kier alpha value is -1.19. The van der Waals surface area contributed by atoms with E-state index in [4.69, 9.17) is 4.74 Å². The molecule has 0 radical (unpaired) electrons. The van der Waals surface area contributed by atoms with Gasteiger partial charge in [0.05, 0.1) is 11.8 Å². The third kappa shape index (κ3) is 1.77. The minimum absolute atomic E-state index is 0.0610. The highest BCUT2D eigenvalue weighted by Crippen LogP contribution is 2.46. The molecule has 1 heterocycles. The van der Waals surface area contributed by atoms with E-state index >= 15 is 0 Å². The molecule has 0 amide bonds. The van der Waals surface area contributed by atoms with Gasteiger partial charge in [-0.3, -0.25) is 9.59 Å². The first-order valence-corrected chi connectivity index (χ1v) is 5.77. The summed E-state index contributed by atoms with van der Waals surface area (Å²) in [4.78, 5) is 34.4. The number of hydrogen-bond acceptors (Lipinski definition) is 4. The third-order valence-corrected chi connectivity index (χ3v) is 3.70. The van der Waals surface area contributed by atoms with Gasteiger partial charge in [0.15, 0.2) is 0 Å². The zero-order valence-electron chi connectivity index (χ0n) is 9.45. The van der Waals surface area contributed by atoms with Crippen molar-refractivity contribution in [2.45, 2.75) is 51.6 Å². The molecule has 0 aromatic carbocycles. The van der Waals surface area contributed by atoms with Gasteiger partial charge in [0.25, 0.3) is 0 Å². The molecule has 0 bridgehead atoms. The largest absolute Gasteiger partial charge is 0.461 e. The van der Waals surface area contributed by atoms with E-state index in [-0.39, 0.29) is 30.1 Å². The van der Waals surface area contributed by atoms with Crippen molar-refractivity contribution in [1.82, 2.24) is 0 Å². The van der Waals surface area contributed by atoms with Crippen molar-refractivity contribution >= 4 is 17.5 Å². The number of ether oxygens (including phenoxy) is 1. The highest BCUT2D eigenvalue weighted by molar-refractivity contribution is 5.93. The lowest BCUT2D eigenvalue weighted by molar-refractivity contribution is -0.144. The normalized spacial score (nSPS) is 33.4. The second-order valence-corrected chi connectivity index (χ2v) is 4.83. The van der Waals surface area contributed by atoms with Gasteiger partial charge >= 0.3 is 5.97 Å². The number of hydrogen-bond donors (Lipinski definition) is 0. The maximum Gasteiger partial charge on any atom is 0.307 e. The molecule has 2 atom stereocenters. The van der Waals surface area contributed by atoms with Crippen LogP contribution >= 0.6 is 0 Å². The predicted octanol–water partition coefficient (Wildman–Crippen LogP) is 1.41. The lowest BCUT2D eigenvalue weighted by atomic mass is 9.67. The summed E-state index contributed by atoms with van der Waals surface area (Å²) in [5.74, 6) is -0.120. The van der Waals surface area contributed by atoms with Crippen LogP contribution in [0.4, 0.5) is 0 Å². The Bertz CT molecular complexity index is 347. The van der Waals surface area contributed by atoms with Crippen LogP contribution in [-0.2, 0) is 19.1 Å². The van der Waals surface area contributed by atoms with Gasteiger partial charge in [-0.2, -0.15) is 0 Å². The summed E-state index contributed by atoms with van der Waals surface area (Å²) >= 11 is 0. The number of rotatable bonds is 3. The average Bonchev–Trinajstić information content (AvgIpc) is 2.54. The van der Waals surface area contributed by atoms with Crippen molar-refractivity contribution < 1.29 is 19.1 Å². The van der Waals surface area contributed by atoms with Gasteiger partial charge in [-0.05, 0) is 26.2 Å². The molecule has 1 saturated carbocycles. The SMILES string of the molecule is CC(=O)CC[C@]12CC(=O)O[C@H]1CCCC2=O. The van der Waals surface area contributed by atoms with Crippen LogP contribution < -0.4 is 0 Å². The van der Waals surface area contributed by atoms with Crippen molar-refractivity contribution in [2.24, 2.45) is 5.41 Å². The lowest BCUT2D eigenvalue weighted by Gasteiger charge is -2.34. The summed E-state index contributed by atoms with van der Waals surface area (Å²) in [7, 11) is 0. The first-order valence-electron chi connectivity index (χ1n) is 5.77. The van der Waals surface area contributed by atoms with Gasteiger partial charge in [0, 0.05) is 12.8 Å². The number of fused-ring (bicyclic) bond motifs is 1. The molecular formula is C12H16O4. The maximum atomic E-state index is 12.0. The van der Waals surface area contributed by atoms with E-state index in [1.54, 1.807) is 0 Å². The monoisotopic (exact) mass is 224 g/mol. The Morgan fingerprint density at radius 2 is 2.25 bits per heavy atom. The van der Waals surface area contributed by atoms with Gasteiger partial charge in [-0.25, -0.2) is 0 Å². The Morgan fingerprint density at radius 1 is 1.50 bits per heavy atom. The maximum absolute atomic E-state index is 12.0. The van der Waals surface area contributed by atoms with Crippen LogP contribution in [0.25, 0.3) is 0 Å². The van der Waals surface area contributed by atoms with Crippen LogP contribution in [0.1, 0.15) is 45.4 Å². The van der Waals surface area contributed by atoms with Gasteiger partial charge in [-0.15, -0.1) is 0 Å². The molecule has 2 rings (SSSR count). The summed E-state index contributed by atoms with van der Waals surface area (Å²) in [6.07, 6.45) is 2.79. The molecule has 2 fully saturated rings. The minimum atomic E-state index is -0.680. The van der Waals surface area contributed by atoms with Gasteiger partial charge in [0.1, 0.15) is 17.7 Å². The molecule has 0 N–H and O–H groups in total. The predicted molar refractivity (Wildman–Crippen MR) is 55.7 cm³/mol. The van der Waals surface area contributed by atoms with Crippen molar-refractivity contribution in [3.63, 3.8) is 0 Å². The number of ketones is 2. The van der Waals surface area contributed by atoms with Crippen molar-refractivity contribution in [1.29, 1.82) is 0 Å². The van der Waals surface area contributed by atoms with Gasteiger partial charge in [-0.1, -0.05) is 0 Å². The Balaban J connectivity index is 2.20. The van der Waals surface area contributed by atoms with Crippen LogP contribution in [0.2, 0.25) is 0 Å². The molecule has 4 nitrogen and oxygen atoms in total. The van der Waals surface area contributed by atoms with Crippen molar-refractivity contribution in [3.05, 3.63) is 0 Å². The Labute approximate surface area is 94.3 Å². The molecule has 1 saturated heterocycles. The Kier molecular flexibility index (Phi) is 2.82. The molecule has 88 valence electrons. The minimum Gasteiger partial charge on any atom is -0.461 e. The van der Waals surface area contributed by atoms with E-state index in [0.717, 1.165) is 12.8 Å². The molecule has 0 aromatic rings. The van der Waals surface area contributed by atoms with E-state index < -0.39 is 5.41 Å². The fourth-order valence-corrected chi connectivity index (χ4v) is 2.78. The van der Waals surface area contributed by atoms with Crippen LogP contribution in [0, 0.1) is 5.41 Å². The summed E-state index contributed by atoms with van der Waals surface area (Å²) in [6.45, 7) is 1.51. The molecular weight excluding hydrogens is 208 g/mol. The van der Waals surface area contributed by atoms with E-state index in [0.29, 0.717) is 19.3 Å². The topological polar surface area (TPSA) is 60.4 Å². The van der Waals surface area contributed by atoms with Crippen LogP contribution in [0.3, 0.4) is 0 Å². The third-order valence-electron chi connectivity index (χ3n) is 3.70. The molecule has 16 heavy (non-hydrogen) atoms. The van der Waals surface area contributed by atoms with Crippen LogP contribution in [-0.4, -0.2) is 23.6 Å². The molecule has 1 aliphatic heterocycles. The standard InChI is InChI=1S/C12H16O4/c1-8(13)5-6-12-7-11(15)16-10(12)4-2-3-9(12)14/h10H,2-7H2,1H3/t10-,12+/m0/s1. The second kappa shape index (κ2) is 4.00. The molecule has 0 aromatic heterocycles. The average molecular weight is 224 g/mol. The summed E-state index contributed by atoms with van der Waals surface area (Å²) in [6, 6.07) is 0. The quantitative estimate of drug-likeness (QED) is 0.680. The summed E-state index contributed by atoms with van der Waals surface area (Å²) in [5.41, 5.74) is -0.680. The first kappa shape index (κ1) is 11.3. The summed E-state index contributed by atoms with van der Waals surface area (Å²) < 4.78 is 5.20. The van der Waals surface area contributed by atoms with E-state index in [1.807, 2.05) is 0 Å². The van der Waals surface area contributed by atoms with Crippen LogP contribution in [0.5, 0.6) is 0 Å². The zero-order valence-corrected chi connectivity index (χ0v) is 9.45. The van der Waals surface area contributed by atoms with Gasteiger partial charge in [0.2, 0.25) is 0 Å². The zero-order chi connectivity index (χ0) is 11.8. The highest BCUT2D eigenvalue weighted by atomic mass is 16.6. The fourth-order valence-electron chi connectivity index (χ4n) is 2.78. The van der Waals surface area contributed by atoms with E-state index in [1.165, 1.54) is 6.92 Å². The molecule has 1 aliphatic carbocycles. The number of carbonyl (C=O) groups excluding carboxylic acids is 3. The smallest absolute Gasteiger partial charge is 0.307 e. The molecule has 4 heteroatoms.